The zero-order chi connectivity index (χ0) is 15.5. The number of nitrogens with zero attached hydrogens (tertiary/aromatic N) is 4. The van der Waals surface area contributed by atoms with Crippen LogP contribution in [0, 0.1) is 0 Å². The van der Waals surface area contributed by atoms with E-state index in [1.165, 1.54) is 0 Å². The number of amides is 1. The molecule has 0 bridgehead atoms. The van der Waals surface area contributed by atoms with E-state index in [-0.39, 0.29) is 18.4 Å². The Labute approximate surface area is 129 Å². The van der Waals surface area contributed by atoms with E-state index in [1.807, 2.05) is 33.7 Å². The highest BCUT2D eigenvalue weighted by Gasteiger charge is 2.30. The SMILES string of the molecule is COCC(N)C(=O)N1CCCC(c2nnc3ccccn23)C1. The molecule has 0 spiro atoms. The monoisotopic (exact) mass is 303 g/mol. The van der Waals surface area contributed by atoms with Crippen molar-refractivity contribution in [3.8, 4) is 0 Å². The lowest BCUT2D eigenvalue weighted by atomic mass is 9.96. The van der Waals surface area contributed by atoms with E-state index in [4.69, 9.17) is 10.5 Å². The third kappa shape index (κ3) is 2.82. The van der Waals surface area contributed by atoms with Gasteiger partial charge in [-0.05, 0) is 25.0 Å². The zero-order valence-electron chi connectivity index (χ0n) is 12.7. The number of hydrogen-bond acceptors (Lipinski definition) is 5. The van der Waals surface area contributed by atoms with Crippen LogP contribution in [0.4, 0.5) is 0 Å². The van der Waals surface area contributed by atoms with Gasteiger partial charge in [0.1, 0.15) is 11.9 Å². The fourth-order valence-electron chi connectivity index (χ4n) is 3.01. The van der Waals surface area contributed by atoms with E-state index in [2.05, 4.69) is 10.2 Å². The zero-order valence-corrected chi connectivity index (χ0v) is 12.7. The maximum Gasteiger partial charge on any atom is 0.241 e. The van der Waals surface area contributed by atoms with Crippen LogP contribution in [-0.2, 0) is 9.53 Å². The van der Waals surface area contributed by atoms with Crippen molar-refractivity contribution < 1.29 is 9.53 Å². The van der Waals surface area contributed by atoms with Crippen molar-refractivity contribution >= 4 is 11.6 Å². The van der Waals surface area contributed by atoms with Gasteiger partial charge in [-0.2, -0.15) is 0 Å². The predicted molar refractivity (Wildman–Crippen MR) is 81.4 cm³/mol. The van der Waals surface area contributed by atoms with Crippen LogP contribution in [0.3, 0.4) is 0 Å². The first-order chi connectivity index (χ1) is 10.7. The third-order valence-electron chi connectivity index (χ3n) is 4.10. The van der Waals surface area contributed by atoms with Crippen molar-refractivity contribution in [1.29, 1.82) is 0 Å². The Kier molecular flexibility index (Phi) is 4.35. The fourth-order valence-corrected chi connectivity index (χ4v) is 3.01. The molecule has 1 aliphatic heterocycles. The molecule has 0 radical (unpaired) electrons. The average molecular weight is 303 g/mol. The Balaban J connectivity index is 1.77. The van der Waals surface area contributed by atoms with Crippen LogP contribution in [0.25, 0.3) is 5.65 Å². The third-order valence-corrected chi connectivity index (χ3v) is 4.10. The van der Waals surface area contributed by atoms with Crippen LogP contribution in [0.2, 0.25) is 0 Å². The summed E-state index contributed by atoms with van der Waals surface area (Å²) in [7, 11) is 1.55. The minimum atomic E-state index is -0.598. The van der Waals surface area contributed by atoms with E-state index in [0.717, 1.165) is 30.9 Å². The molecule has 1 fully saturated rings. The molecule has 2 atom stereocenters. The van der Waals surface area contributed by atoms with Gasteiger partial charge in [-0.25, -0.2) is 0 Å². The summed E-state index contributed by atoms with van der Waals surface area (Å²) in [5.74, 6) is 1.04. The summed E-state index contributed by atoms with van der Waals surface area (Å²) in [5.41, 5.74) is 6.69. The van der Waals surface area contributed by atoms with Crippen LogP contribution in [0.1, 0.15) is 24.6 Å². The summed E-state index contributed by atoms with van der Waals surface area (Å²) in [4.78, 5) is 14.2. The number of piperidine rings is 1. The number of pyridine rings is 1. The number of nitrogens with two attached hydrogens (primary N) is 1. The van der Waals surface area contributed by atoms with Crippen LogP contribution >= 0.6 is 0 Å². The quantitative estimate of drug-likeness (QED) is 0.884. The molecule has 2 N–H and O–H groups in total. The van der Waals surface area contributed by atoms with Crippen LogP contribution < -0.4 is 5.73 Å². The van der Waals surface area contributed by atoms with Crippen molar-refractivity contribution in [3.63, 3.8) is 0 Å². The minimum absolute atomic E-state index is 0.0552. The standard InChI is InChI=1S/C15H21N5O2/c1-22-10-12(16)15(21)19-7-4-5-11(9-19)14-18-17-13-6-2-3-8-20(13)14/h2-3,6,8,11-12H,4-5,7,9-10,16H2,1H3. The maximum absolute atomic E-state index is 12.3. The second-order valence-electron chi connectivity index (χ2n) is 5.67. The molecule has 0 aromatic carbocycles. The average Bonchev–Trinajstić information content (AvgIpc) is 2.98. The number of fused-ring (bicyclic) bond motifs is 1. The van der Waals surface area contributed by atoms with Crippen LogP contribution in [0.5, 0.6) is 0 Å². The van der Waals surface area contributed by atoms with Gasteiger partial charge in [-0.15, -0.1) is 10.2 Å². The first kappa shape index (κ1) is 14.9. The first-order valence-electron chi connectivity index (χ1n) is 7.53. The molecule has 118 valence electrons. The molecule has 1 saturated heterocycles. The number of methoxy groups -OCH3 is 1. The topological polar surface area (TPSA) is 85.8 Å². The molecule has 2 aromatic heterocycles. The van der Waals surface area contributed by atoms with E-state index in [9.17, 15) is 4.79 Å². The Hall–Kier alpha value is -1.99. The van der Waals surface area contributed by atoms with Gasteiger partial charge in [0.05, 0.1) is 6.61 Å². The Morgan fingerprint density at radius 1 is 1.50 bits per heavy atom. The van der Waals surface area contributed by atoms with E-state index >= 15 is 0 Å². The lowest BCUT2D eigenvalue weighted by molar-refractivity contribution is -0.135. The molecule has 3 heterocycles. The van der Waals surface area contributed by atoms with Crippen molar-refractivity contribution in [2.45, 2.75) is 24.8 Å². The number of ether oxygens (including phenoxy) is 1. The Morgan fingerprint density at radius 3 is 3.18 bits per heavy atom. The molecule has 1 amide bonds. The summed E-state index contributed by atoms with van der Waals surface area (Å²) >= 11 is 0. The van der Waals surface area contributed by atoms with E-state index < -0.39 is 6.04 Å². The van der Waals surface area contributed by atoms with Gasteiger partial charge in [0.2, 0.25) is 5.91 Å². The highest BCUT2D eigenvalue weighted by Crippen LogP contribution is 2.26. The predicted octanol–water partition coefficient (Wildman–Crippen LogP) is 0.409. The molecule has 3 rings (SSSR count). The highest BCUT2D eigenvalue weighted by atomic mass is 16.5. The first-order valence-corrected chi connectivity index (χ1v) is 7.53. The maximum atomic E-state index is 12.3. The van der Waals surface area contributed by atoms with Crippen molar-refractivity contribution in [2.24, 2.45) is 5.73 Å². The molecule has 22 heavy (non-hydrogen) atoms. The van der Waals surface area contributed by atoms with E-state index in [1.54, 1.807) is 7.11 Å². The smallest absolute Gasteiger partial charge is 0.241 e. The molecule has 2 aromatic rings. The summed E-state index contributed by atoms with van der Waals surface area (Å²) in [6.45, 7) is 1.61. The summed E-state index contributed by atoms with van der Waals surface area (Å²) in [6.07, 6.45) is 3.90. The lowest BCUT2D eigenvalue weighted by Crippen LogP contribution is -2.49. The second kappa shape index (κ2) is 6.41. The van der Waals surface area contributed by atoms with Gasteiger partial charge in [-0.3, -0.25) is 9.20 Å². The Bertz CT molecular complexity index is 656. The van der Waals surface area contributed by atoms with Gasteiger partial charge in [0.15, 0.2) is 5.65 Å². The number of hydrogen-bond donors (Lipinski definition) is 1. The normalized spacial score (nSPS) is 20.3. The molecular formula is C15H21N5O2. The molecular weight excluding hydrogens is 282 g/mol. The van der Waals surface area contributed by atoms with Gasteiger partial charge in [0, 0.05) is 32.3 Å². The van der Waals surface area contributed by atoms with Gasteiger partial charge in [0.25, 0.3) is 0 Å². The molecule has 2 unspecified atom stereocenters. The van der Waals surface area contributed by atoms with Gasteiger partial charge < -0.3 is 15.4 Å². The van der Waals surface area contributed by atoms with Crippen molar-refractivity contribution in [2.75, 3.05) is 26.8 Å². The van der Waals surface area contributed by atoms with Crippen LogP contribution in [-0.4, -0.2) is 58.3 Å². The minimum Gasteiger partial charge on any atom is -0.383 e. The number of aromatic nitrogens is 3. The second-order valence-corrected chi connectivity index (χ2v) is 5.67. The number of rotatable bonds is 4. The summed E-state index contributed by atoms with van der Waals surface area (Å²) in [5, 5.41) is 8.51. The number of carbonyl (C=O) groups is 1. The molecule has 0 saturated carbocycles. The van der Waals surface area contributed by atoms with Gasteiger partial charge in [-0.1, -0.05) is 6.07 Å². The summed E-state index contributed by atoms with van der Waals surface area (Å²) < 4.78 is 6.97. The van der Waals surface area contributed by atoms with Crippen LogP contribution in [0.15, 0.2) is 24.4 Å². The number of carbonyl (C=O) groups excluding carboxylic acids is 1. The highest BCUT2D eigenvalue weighted by molar-refractivity contribution is 5.82. The molecule has 0 aliphatic carbocycles. The molecule has 7 heteroatoms. The van der Waals surface area contributed by atoms with Gasteiger partial charge >= 0.3 is 0 Å². The molecule has 1 aliphatic rings. The molecule has 7 nitrogen and oxygen atoms in total. The Morgan fingerprint density at radius 2 is 2.36 bits per heavy atom. The fraction of sp³-hybridized carbons (Fsp3) is 0.533. The summed E-state index contributed by atoms with van der Waals surface area (Å²) in [6, 6.07) is 5.23. The number of likely N-dealkylation sites (tertiary alicyclic amines) is 1. The van der Waals surface area contributed by atoms with Crippen molar-refractivity contribution in [1.82, 2.24) is 19.5 Å². The largest absolute Gasteiger partial charge is 0.383 e. The van der Waals surface area contributed by atoms with E-state index in [0.29, 0.717) is 6.54 Å². The lowest BCUT2D eigenvalue weighted by Gasteiger charge is -2.33. The van der Waals surface area contributed by atoms with Crippen molar-refractivity contribution in [3.05, 3.63) is 30.2 Å².